The van der Waals surface area contributed by atoms with Gasteiger partial charge >= 0.3 is 0 Å². The molecule has 0 aromatic heterocycles. The first-order valence-electron chi connectivity index (χ1n) is 6.64. The molecule has 0 saturated carbocycles. The predicted octanol–water partition coefficient (Wildman–Crippen LogP) is 2.07. The molecule has 0 aliphatic carbocycles. The summed E-state index contributed by atoms with van der Waals surface area (Å²) in [4.78, 5) is 11.6. The Balaban J connectivity index is 2.14. The minimum atomic E-state index is 0.230. The van der Waals surface area contributed by atoms with Crippen LogP contribution in [0.3, 0.4) is 0 Å². The predicted molar refractivity (Wildman–Crippen MR) is 67.4 cm³/mol. The fourth-order valence-electron chi connectivity index (χ4n) is 2.14. The topological polar surface area (TPSA) is 41.1 Å². The van der Waals surface area contributed by atoms with E-state index in [0.29, 0.717) is 11.8 Å². The van der Waals surface area contributed by atoms with E-state index in [1.807, 2.05) is 0 Å². The molecule has 1 rings (SSSR count). The van der Waals surface area contributed by atoms with Crippen molar-refractivity contribution < 1.29 is 4.79 Å². The highest BCUT2D eigenvalue weighted by Crippen LogP contribution is 2.26. The molecule has 1 aliphatic rings. The van der Waals surface area contributed by atoms with Gasteiger partial charge in [0, 0.05) is 13.0 Å². The summed E-state index contributed by atoms with van der Waals surface area (Å²) in [5.74, 6) is 0.230. The standard InChI is InChI=1S/C13H26N2O/c1-3-4-5-6-12(16)15-11-13(2)7-9-14-10-8-13/h14H,3-11H2,1-2H3,(H,15,16). The Morgan fingerprint density at radius 3 is 2.62 bits per heavy atom. The Labute approximate surface area is 99.4 Å². The first-order valence-corrected chi connectivity index (χ1v) is 6.64. The molecule has 1 aliphatic heterocycles. The van der Waals surface area contributed by atoms with E-state index in [1.54, 1.807) is 0 Å². The van der Waals surface area contributed by atoms with Crippen LogP contribution in [0, 0.1) is 5.41 Å². The Hall–Kier alpha value is -0.570. The summed E-state index contributed by atoms with van der Waals surface area (Å²) < 4.78 is 0. The van der Waals surface area contributed by atoms with Crippen LogP contribution < -0.4 is 10.6 Å². The molecule has 3 heteroatoms. The molecule has 3 nitrogen and oxygen atoms in total. The van der Waals surface area contributed by atoms with Crippen LogP contribution >= 0.6 is 0 Å². The molecule has 2 N–H and O–H groups in total. The highest BCUT2D eigenvalue weighted by atomic mass is 16.1. The first kappa shape index (κ1) is 13.5. The Morgan fingerprint density at radius 1 is 1.31 bits per heavy atom. The van der Waals surface area contributed by atoms with Crippen molar-refractivity contribution >= 4 is 5.91 Å². The van der Waals surface area contributed by atoms with Gasteiger partial charge < -0.3 is 10.6 Å². The van der Waals surface area contributed by atoms with Crippen LogP contribution in [0.15, 0.2) is 0 Å². The highest BCUT2D eigenvalue weighted by Gasteiger charge is 2.26. The maximum atomic E-state index is 11.6. The van der Waals surface area contributed by atoms with Gasteiger partial charge in [0.2, 0.25) is 5.91 Å². The zero-order chi connectivity index (χ0) is 11.9. The van der Waals surface area contributed by atoms with Crippen molar-refractivity contribution in [2.45, 2.75) is 52.4 Å². The second-order valence-electron chi connectivity index (χ2n) is 5.29. The summed E-state index contributed by atoms with van der Waals surface area (Å²) in [7, 11) is 0. The van der Waals surface area contributed by atoms with Crippen LogP contribution in [0.1, 0.15) is 52.4 Å². The summed E-state index contributed by atoms with van der Waals surface area (Å²) in [6, 6.07) is 0. The Kier molecular flexibility index (Phi) is 5.81. The number of rotatable bonds is 6. The third kappa shape index (κ3) is 4.97. The maximum absolute atomic E-state index is 11.6. The number of unbranched alkanes of at least 4 members (excludes halogenated alkanes) is 2. The number of nitrogens with one attached hydrogen (secondary N) is 2. The second kappa shape index (κ2) is 6.89. The van der Waals surface area contributed by atoms with Gasteiger partial charge in [-0.3, -0.25) is 4.79 Å². The van der Waals surface area contributed by atoms with Gasteiger partial charge in [-0.05, 0) is 37.8 Å². The molecule has 0 atom stereocenters. The normalized spacial score (nSPS) is 19.4. The van der Waals surface area contributed by atoms with Crippen molar-refractivity contribution in [1.29, 1.82) is 0 Å². The molecular weight excluding hydrogens is 200 g/mol. The lowest BCUT2D eigenvalue weighted by atomic mass is 9.81. The SMILES string of the molecule is CCCCCC(=O)NCC1(C)CCNCC1. The summed E-state index contributed by atoms with van der Waals surface area (Å²) in [5.41, 5.74) is 0.311. The van der Waals surface area contributed by atoms with Gasteiger partial charge in [0.15, 0.2) is 0 Å². The van der Waals surface area contributed by atoms with Crippen LogP contribution in [0.25, 0.3) is 0 Å². The van der Waals surface area contributed by atoms with Gasteiger partial charge in [-0.25, -0.2) is 0 Å². The second-order valence-corrected chi connectivity index (χ2v) is 5.29. The number of amides is 1. The minimum absolute atomic E-state index is 0.230. The van der Waals surface area contributed by atoms with Crippen LogP contribution in [0.4, 0.5) is 0 Å². The molecule has 0 aromatic rings. The number of carbonyl (C=O) groups excluding carboxylic acids is 1. The van der Waals surface area contributed by atoms with Crippen molar-refractivity contribution in [3.8, 4) is 0 Å². The maximum Gasteiger partial charge on any atom is 0.220 e. The molecule has 0 radical (unpaired) electrons. The summed E-state index contributed by atoms with van der Waals surface area (Å²) in [6.07, 6.45) is 6.40. The molecule has 0 bridgehead atoms. The fraction of sp³-hybridized carbons (Fsp3) is 0.923. The fourth-order valence-corrected chi connectivity index (χ4v) is 2.14. The van der Waals surface area contributed by atoms with Crippen molar-refractivity contribution in [3.05, 3.63) is 0 Å². The van der Waals surface area contributed by atoms with Gasteiger partial charge in [-0.1, -0.05) is 26.7 Å². The number of hydrogen-bond donors (Lipinski definition) is 2. The van der Waals surface area contributed by atoms with Crippen molar-refractivity contribution in [1.82, 2.24) is 10.6 Å². The summed E-state index contributed by atoms with van der Waals surface area (Å²) in [6.45, 7) is 7.46. The molecular formula is C13H26N2O. The quantitative estimate of drug-likeness (QED) is 0.681. The average Bonchev–Trinajstić information content (AvgIpc) is 2.28. The molecule has 1 amide bonds. The van der Waals surface area contributed by atoms with E-state index in [4.69, 9.17) is 0 Å². The third-order valence-electron chi connectivity index (χ3n) is 3.53. The number of carbonyl (C=O) groups is 1. The lowest BCUT2D eigenvalue weighted by molar-refractivity contribution is -0.121. The van der Waals surface area contributed by atoms with E-state index < -0.39 is 0 Å². The molecule has 1 saturated heterocycles. The highest BCUT2D eigenvalue weighted by molar-refractivity contribution is 5.75. The van der Waals surface area contributed by atoms with Gasteiger partial charge in [0.1, 0.15) is 0 Å². The van der Waals surface area contributed by atoms with E-state index in [0.717, 1.165) is 32.5 Å². The van der Waals surface area contributed by atoms with E-state index in [2.05, 4.69) is 24.5 Å². The van der Waals surface area contributed by atoms with Crippen molar-refractivity contribution in [2.24, 2.45) is 5.41 Å². The van der Waals surface area contributed by atoms with Crippen LogP contribution in [-0.4, -0.2) is 25.5 Å². The minimum Gasteiger partial charge on any atom is -0.356 e. The number of hydrogen-bond acceptors (Lipinski definition) is 2. The average molecular weight is 226 g/mol. The molecule has 0 spiro atoms. The smallest absolute Gasteiger partial charge is 0.220 e. The Bertz CT molecular complexity index is 210. The zero-order valence-electron chi connectivity index (χ0n) is 10.8. The molecule has 16 heavy (non-hydrogen) atoms. The molecule has 1 fully saturated rings. The van der Waals surface area contributed by atoms with Gasteiger partial charge in [-0.2, -0.15) is 0 Å². The Morgan fingerprint density at radius 2 is 2.00 bits per heavy atom. The van der Waals surface area contributed by atoms with Crippen molar-refractivity contribution in [2.75, 3.05) is 19.6 Å². The van der Waals surface area contributed by atoms with Crippen LogP contribution in [0.2, 0.25) is 0 Å². The first-order chi connectivity index (χ1) is 7.66. The van der Waals surface area contributed by atoms with E-state index in [9.17, 15) is 4.79 Å². The van der Waals surface area contributed by atoms with E-state index >= 15 is 0 Å². The molecule has 1 heterocycles. The molecule has 0 aromatic carbocycles. The summed E-state index contributed by atoms with van der Waals surface area (Å²) in [5, 5.41) is 6.44. The lowest BCUT2D eigenvalue weighted by Gasteiger charge is -2.34. The number of piperidine rings is 1. The van der Waals surface area contributed by atoms with Crippen molar-refractivity contribution in [3.63, 3.8) is 0 Å². The largest absolute Gasteiger partial charge is 0.356 e. The summed E-state index contributed by atoms with van der Waals surface area (Å²) >= 11 is 0. The van der Waals surface area contributed by atoms with Gasteiger partial charge in [0.05, 0.1) is 0 Å². The zero-order valence-corrected chi connectivity index (χ0v) is 10.8. The lowest BCUT2D eigenvalue weighted by Crippen LogP contribution is -2.42. The van der Waals surface area contributed by atoms with Crippen LogP contribution in [-0.2, 0) is 4.79 Å². The monoisotopic (exact) mass is 226 g/mol. The molecule has 0 unspecified atom stereocenters. The van der Waals surface area contributed by atoms with E-state index in [1.165, 1.54) is 19.3 Å². The molecule has 94 valence electrons. The van der Waals surface area contributed by atoms with E-state index in [-0.39, 0.29) is 5.91 Å². The van der Waals surface area contributed by atoms with Crippen LogP contribution in [0.5, 0.6) is 0 Å². The van der Waals surface area contributed by atoms with Gasteiger partial charge in [-0.15, -0.1) is 0 Å². The van der Waals surface area contributed by atoms with Gasteiger partial charge in [0.25, 0.3) is 0 Å². The third-order valence-corrected chi connectivity index (χ3v) is 3.53.